The molecule has 0 aromatic carbocycles. The predicted molar refractivity (Wildman–Crippen MR) is 59.3 cm³/mol. The SMILES string of the molecule is CCn1cc[n+](C)c1.I[I-]I. The fourth-order valence-corrected chi connectivity index (χ4v) is 0.689. The summed E-state index contributed by atoms with van der Waals surface area (Å²) in [6.07, 6.45) is 6.14. The average Bonchev–Trinajstić information content (AvgIpc) is 2.37. The van der Waals surface area contributed by atoms with Crippen LogP contribution < -0.4 is 17.8 Å². The molecule has 0 bridgehead atoms. The molecule has 5 heteroatoms. The van der Waals surface area contributed by atoms with Crippen molar-refractivity contribution < 1.29 is 17.8 Å². The zero-order chi connectivity index (χ0) is 8.69. The van der Waals surface area contributed by atoms with Gasteiger partial charge in [-0.2, -0.15) is 0 Å². The molecule has 0 aliphatic carbocycles. The number of hydrogen-bond acceptors (Lipinski definition) is 0. The second-order valence-electron chi connectivity index (χ2n) is 1.96. The van der Waals surface area contributed by atoms with E-state index in [2.05, 4.69) is 61.2 Å². The number of aromatic nitrogens is 2. The molecular weight excluding hydrogens is 481 g/mol. The Bertz CT molecular complexity index is 188. The number of aryl methyl sites for hydroxylation is 2. The van der Waals surface area contributed by atoms with Gasteiger partial charge in [-0.3, -0.25) is 0 Å². The van der Waals surface area contributed by atoms with Gasteiger partial charge in [0.2, 0.25) is 6.33 Å². The van der Waals surface area contributed by atoms with Gasteiger partial charge in [-0.15, -0.1) is 0 Å². The second-order valence-corrected chi connectivity index (χ2v) is 18.2. The normalized spacial score (nSPS) is 9.09. The third-order valence-corrected chi connectivity index (χ3v) is 1.19. The molecule has 0 aliphatic heterocycles. The minimum absolute atomic E-state index is 0.530. The van der Waals surface area contributed by atoms with Crippen LogP contribution in [0.25, 0.3) is 0 Å². The quantitative estimate of drug-likeness (QED) is 0.356. The van der Waals surface area contributed by atoms with E-state index in [4.69, 9.17) is 0 Å². The third-order valence-electron chi connectivity index (χ3n) is 1.19. The molecule has 0 N–H and O–H groups in total. The van der Waals surface area contributed by atoms with Crippen LogP contribution >= 0.6 is 37.2 Å². The van der Waals surface area contributed by atoms with Crippen LogP contribution in [0.5, 0.6) is 0 Å². The molecule has 0 saturated heterocycles. The van der Waals surface area contributed by atoms with E-state index in [0.29, 0.717) is 13.3 Å². The molecule has 1 rings (SSSR count). The van der Waals surface area contributed by atoms with Gasteiger partial charge in [-0.25, -0.2) is 9.13 Å². The van der Waals surface area contributed by atoms with Gasteiger partial charge in [0.15, 0.2) is 0 Å². The van der Waals surface area contributed by atoms with E-state index in [9.17, 15) is 0 Å². The number of rotatable bonds is 1. The second kappa shape index (κ2) is 8.02. The van der Waals surface area contributed by atoms with Crippen LogP contribution in [0.3, 0.4) is 0 Å². The van der Waals surface area contributed by atoms with Crippen molar-refractivity contribution >= 4 is 37.2 Å². The summed E-state index contributed by atoms with van der Waals surface area (Å²) >= 11 is 5.30. The van der Waals surface area contributed by atoms with Crippen molar-refractivity contribution in [3.8, 4) is 0 Å². The van der Waals surface area contributed by atoms with Crippen molar-refractivity contribution in [3.05, 3.63) is 18.7 Å². The number of hydrogen-bond donors (Lipinski definition) is 0. The van der Waals surface area contributed by atoms with Crippen molar-refractivity contribution in [2.24, 2.45) is 7.05 Å². The molecule has 0 aliphatic rings. The Morgan fingerprint density at radius 2 is 2.09 bits per heavy atom. The van der Waals surface area contributed by atoms with Gasteiger partial charge in [0.05, 0.1) is 13.6 Å². The Morgan fingerprint density at radius 3 is 2.27 bits per heavy atom. The first-order valence-corrected chi connectivity index (χ1v) is 15.7. The topological polar surface area (TPSA) is 8.81 Å². The summed E-state index contributed by atoms with van der Waals surface area (Å²) in [6.45, 7) is 3.18. The van der Waals surface area contributed by atoms with E-state index < -0.39 is 0 Å². The van der Waals surface area contributed by atoms with E-state index in [1.165, 1.54) is 0 Å². The van der Waals surface area contributed by atoms with Crippen LogP contribution in [0.15, 0.2) is 18.7 Å². The van der Waals surface area contributed by atoms with Crippen LogP contribution in [0.2, 0.25) is 0 Å². The van der Waals surface area contributed by atoms with Gasteiger partial charge in [0.25, 0.3) is 0 Å². The maximum absolute atomic E-state index is 2.39. The van der Waals surface area contributed by atoms with E-state index in [0.717, 1.165) is 6.54 Å². The summed E-state index contributed by atoms with van der Waals surface area (Å²) in [5, 5.41) is 0. The van der Waals surface area contributed by atoms with Gasteiger partial charge < -0.3 is 0 Å². The Morgan fingerprint density at radius 1 is 1.55 bits per heavy atom. The first-order valence-electron chi connectivity index (χ1n) is 3.12. The Balaban J connectivity index is 0.000000292. The molecule has 0 unspecified atom stereocenters. The van der Waals surface area contributed by atoms with Crippen LogP contribution in [-0.2, 0) is 13.6 Å². The van der Waals surface area contributed by atoms with Crippen LogP contribution in [-0.4, -0.2) is 4.57 Å². The van der Waals surface area contributed by atoms with Gasteiger partial charge in [-0.1, -0.05) is 0 Å². The molecule has 0 spiro atoms. The molecular formula is C6H11I3N2. The molecule has 0 atom stereocenters. The standard InChI is InChI=1S/C6H11N2.I3/c1-3-8-5-4-7(2)6-8;1-3-2/h4-6H,3H2,1-2H3;/q+1;-1. The van der Waals surface area contributed by atoms with E-state index in [-0.39, 0.29) is 0 Å². The van der Waals surface area contributed by atoms with E-state index in [1.807, 2.05) is 17.8 Å². The summed E-state index contributed by atoms with van der Waals surface area (Å²) in [5.74, 6) is 0. The van der Waals surface area contributed by atoms with Gasteiger partial charge in [-0.05, 0) is 6.92 Å². The Labute approximate surface area is 97.4 Å². The molecule has 1 heterocycles. The van der Waals surface area contributed by atoms with Gasteiger partial charge in [0, 0.05) is 0 Å². The first kappa shape index (κ1) is 12.4. The van der Waals surface area contributed by atoms with Crippen LogP contribution in [0, 0.1) is 0 Å². The Kier molecular flexibility index (Phi) is 9.04. The predicted octanol–water partition coefficient (Wildman–Crippen LogP) is -0.892. The van der Waals surface area contributed by atoms with Crippen LogP contribution in [0.4, 0.5) is 0 Å². The molecule has 0 amide bonds. The average molecular weight is 492 g/mol. The van der Waals surface area contributed by atoms with E-state index >= 15 is 0 Å². The van der Waals surface area contributed by atoms with Crippen molar-refractivity contribution in [2.45, 2.75) is 13.5 Å². The van der Waals surface area contributed by atoms with Crippen molar-refractivity contribution in [1.82, 2.24) is 4.57 Å². The van der Waals surface area contributed by atoms with Gasteiger partial charge >= 0.3 is 50.5 Å². The maximum atomic E-state index is 2.39. The number of nitrogens with zero attached hydrogens (tertiary/aromatic N) is 2. The molecule has 2 nitrogen and oxygen atoms in total. The molecule has 1 aromatic rings. The molecule has 1 aromatic heterocycles. The summed E-state index contributed by atoms with van der Waals surface area (Å²) in [5.41, 5.74) is 0. The van der Waals surface area contributed by atoms with Crippen molar-refractivity contribution in [2.75, 3.05) is 0 Å². The molecule has 0 fully saturated rings. The molecule has 11 heavy (non-hydrogen) atoms. The summed E-state index contributed by atoms with van der Waals surface area (Å²) in [4.78, 5) is 0. The van der Waals surface area contributed by atoms with Crippen molar-refractivity contribution in [1.29, 1.82) is 0 Å². The molecule has 66 valence electrons. The minimum atomic E-state index is 0.530. The van der Waals surface area contributed by atoms with Crippen LogP contribution in [0.1, 0.15) is 6.92 Å². The van der Waals surface area contributed by atoms with Gasteiger partial charge in [0.1, 0.15) is 12.4 Å². The number of imidazole rings is 1. The fraction of sp³-hybridized carbons (Fsp3) is 0.500. The third kappa shape index (κ3) is 6.55. The summed E-state index contributed by atoms with van der Waals surface area (Å²) in [6, 6.07) is 0. The molecule has 0 radical (unpaired) electrons. The number of halogens is 3. The Hall–Kier alpha value is 1.40. The van der Waals surface area contributed by atoms with Crippen molar-refractivity contribution in [3.63, 3.8) is 0 Å². The first-order chi connectivity index (χ1) is 5.24. The molecule has 0 saturated carbocycles. The summed E-state index contributed by atoms with van der Waals surface area (Å²) < 4.78 is 4.16. The zero-order valence-electron chi connectivity index (χ0n) is 6.47. The zero-order valence-corrected chi connectivity index (χ0v) is 12.9. The summed E-state index contributed by atoms with van der Waals surface area (Å²) in [7, 11) is 2.02. The fourth-order valence-electron chi connectivity index (χ4n) is 0.689. The van der Waals surface area contributed by atoms with E-state index in [1.54, 1.807) is 0 Å². The monoisotopic (exact) mass is 492 g/mol.